The first kappa shape index (κ1) is 13.5. The van der Waals surface area contributed by atoms with E-state index < -0.39 is 6.10 Å². The largest absolute Gasteiger partial charge is 0.496 e. The second-order valence-corrected chi connectivity index (χ2v) is 4.23. The third kappa shape index (κ3) is 2.91. The van der Waals surface area contributed by atoms with Crippen molar-refractivity contribution in [2.45, 2.75) is 19.4 Å². The van der Waals surface area contributed by atoms with Crippen LogP contribution >= 0.6 is 0 Å². The molecule has 0 aliphatic rings. The van der Waals surface area contributed by atoms with Crippen molar-refractivity contribution in [3.05, 3.63) is 29.7 Å². The summed E-state index contributed by atoms with van der Waals surface area (Å²) in [6, 6.07) is 5.59. The van der Waals surface area contributed by atoms with Gasteiger partial charge in [-0.05, 0) is 43.7 Å². The molecule has 2 rings (SSSR count). The van der Waals surface area contributed by atoms with Crippen molar-refractivity contribution < 1.29 is 14.4 Å². The third-order valence-electron chi connectivity index (χ3n) is 2.82. The second-order valence-electron chi connectivity index (χ2n) is 4.23. The Morgan fingerprint density at radius 3 is 2.89 bits per heavy atom. The molecule has 0 aliphatic heterocycles. The van der Waals surface area contributed by atoms with Gasteiger partial charge in [-0.15, -0.1) is 0 Å². The maximum atomic E-state index is 9.72. The van der Waals surface area contributed by atoms with Crippen LogP contribution in [0.5, 0.6) is 5.75 Å². The van der Waals surface area contributed by atoms with E-state index in [0.29, 0.717) is 18.8 Å². The van der Waals surface area contributed by atoms with Gasteiger partial charge in [-0.1, -0.05) is 5.16 Å². The Morgan fingerprint density at radius 1 is 1.47 bits per heavy atom. The number of aryl methyl sites for hydroxylation is 1. The summed E-state index contributed by atoms with van der Waals surface area (Å²) < 4.78 is 10.2. The molecule has 0 aliphatic carbocycles. The molecular formula is C13H17N3O3. The van der Waals surface area contributed by atoms with Crippen LogP contribution in [-0.2, 0) is 0 Å². The van der Waals surface area contributed by atoms with Gasteiger partial charge >= 0.3 is 0 Å². The van der Waals surface area contributed by atoms with Gasteiger partial charge in [0.1, 0.15) is 11.9 Å². The third-order valence-corrected chi connectivity index (χ3v) is 2.82. The number of benzene rings is 1. The Bertz CT molecular complexity index is 554. The van der Waals surface area contributed by atoms with Gasteiger partial charge in [-0.25, -0.2) is 0 Å². The van der Waals surface area contributed by atoms with Crippen LogP contribution in [0.1, 0.15) is 24.0 Å². The van der Waals surface area contributed by atoms with Crippen molar-refractivity contribution in [1.29, 1.82) is 0 Å². The van der Waals surface area contributed by atoms with Gasteiger partial charge in [-0.3, -0.25) is 0 Å². The van der Waals surface area contributed by atoms with Crippen molar-refractivity contribution in [3.63, 3.8) is 0 Å². The minimum atomic E-state index is -0.814. The highest BCUT2D eigenvalue weighted by molar-refractivity contribution is 5.58. The summed E-state index contributed by atoms with van der Waals surface area (Å²) in [5.74, 6) is 1.43. The van der Waals surface area contributed by atoms with Crippen molar-refractivity contribution in [2.24, 2.45) is 5.73 Å². The fourth-order valence-corrected chi connectivity index (χ4v) is 1.79. The van der Waals surface area contributed by atoms with E-state index in [1.807, 2.05) is 25.1 Å². The van der Waals surface area contributed by atoms with Gasteiger partial charge in [0.15, 0.2) is 0 Å². The molecule has 1 aromatic heterocycles. The van der Waals surface area contributed by atoms with Crippen LogP contribution in [-0.4, -0.2) is 28.9 Å². The molecule has 1 aromatic carbocycles. The molecule has 0 saturated heterocycles. The Balaban J connectivity index is 2.25. The molecule has 6 nitrogen and oxygen atoms in total. The Morgan fingerprint density at radius 2 is 2.26 bits per heavy atom. The number of rotatable bonds is 5. The van der Waals surface area contributed by atoms with Gasteiger partial charge in [-0.2, -0.15) is 4.98 Å². The van der Waals surface area contributed by atoms with Gasteiger partial charge in [0.25, 0.3) is 5.89 Å². The van der Waals surface area contributed by atoms with Crippen molar-refractivity contribution in [3.8, 4) is 17.1 Å². The molecule has 102 valence electrons. The van der Waals surface area contributed by atoms with Crippen LogP contribution in [0.25, 0.3) is 11.4 Å². The first-order valence-electron chi connectivity index (χ1n) is 6.02. The standard InChI is InChI=1S/C13H17N3O3/c1-8-7-9(3-4-11(8)18-2)12-15-13(19-16-12)10(17)5-6-14/h3-4,7,10,17H,5-6,14H2,1-2H3/t10-/m0/s1. The molecule has 0 bridgehead atoms. The zero-order chi connectivity index (χ0) is 13.8. The molecule has 0 saturated carbocycles. The average molecular weight is 263 g/mol. The molecule has 0 fully saturated rings. The van der Waals surface area contributed by atoms with Gasteiger partial charge in [0.2, 0.25) is 5.82 Å². The Labute approximate surface area is 111 Å². The molecule has 0 amide bonds. The van der Waals surface area contributed by atoms with Gasteiger partial charge in [0.05, 0.1) is 7.11 Å². The summed E-state index contributed by atoms with van der Waals surface area (Å²) in [7, 11) is 1.62. The number of ether oxygens (including phenoxy) is 1. The number of hydrogen-bond donors (Lipinski definition) is 2. The highest BCUT2D eigenvalue weighted by atomic mass is 16.5. The van der Waals surface area contributed by atoms with Crippen LogP contribution in [0, 0.1) is 6.92 Å². The molecule has 2 aromatic rings. The molecule has 0 radical (unpaired) electrons. The second kappa shape index (κ2) is 5.81. The van der Waals surface area contributed by atoms with E-state index >= 15 is 0 Å². The highest BCUT2D eigenvalue weighted by Crippen LogP contribution is 2.25. The molecular weight excluding hydrogens is 246 g/mol. The lowest BCUT2D eigenvalue weighted by molar-refractivity contribution is 0.127. The maximum absolute atomic E-state index is 9.72. The fourth-order valence-electron chi connectivity index (χ4n) is 1.79. The Kier molecular flexibility index (Phi) is 4.13. The smallest absolute Gasteiger partial charge is 0.255 e. The minimum absolute atomic E-state index is 0.189. The topological polar surface area (TPSA) is 94.4 Å². The molecule has 1 atom stereocenters. The van der Waals surface area contributed by atoms with E-state index in [4.69, 9.17) is 15.0 Å². The number of methoxy groups -OCH3 is 1. The number of hydrogen-bond acceptors (Lipinski definition) is 6. The number of aromatic nitrogens is 2. The summed E-state index contributed by atoms with van der Waals surface area (Å²) in [4.78, 5) is 4.17. The zero-order valence-corrected chi connectivity index (χ0v) is 11.0. The molecule has 19 heavy (non-hydrogen) atoms. The van der Waals surface area contributed by atoms with Gasteiger partial charge in [0, 0.05) is 5.56 Å². The maximum Gasteiger partial charge on any atom is 0.255 e. The lowest BCUT2D eigenvalue weighted by Crippen LogP contribution is -2.06. The highest BCUT2D eigenvalue weighted by Gasteiger charge is 2.16. The molecule has 3 N–H and O–H groups in total. The summed E-state index contributed by atoms with van der Waals surface area (Å²) in [5, 5.41) is 13.6. The van der Waals surface area contributed by atoms with Crippen molar-refractivity contribution >= 4 is 0 Å². The van der Waals surface area contributed by atoms with E-state index in [1.54, 1.807) is 7.11 Å². The number of aliphatic hydroxyl groups is 1. The number of nitrogens with zero attached hydrogens (tertiary/aromatic N) is 2. The lowest BCUT2D eigenvalue weighted by Gasteiger charge is -2.04. The van der Waals surface area contributed by atoms with Crippen LogP contribution in [0.15, 0.2) is 22.7 Å². The Hall–Kier alpha value is -1.92. The van der Waals surface area contributed by atoms with E-state index in [9.17, 15) is 5.11 Å². The first-order chi connectivity index (χ1) is 9.15. The minimum Gasteiger partial charge on any atom is -0.496 e. The van der Waals surface area contributed by atoms with Crippen molar-refractivity contribution in [1.82, 2.24) is 10.1 Å². The van der Waals surface area contributed by atoms with Crippen LogP contribution < -0.4 is 10.5 Å². The van der Waals surface area contributed by atoms with E-state index in [-0.39, 0.29) is 5.89 Å². The first-order valence-corrected chi connectivity index (χ1v) is 6.02. The molecule has 0 spiro atoms. The molecule has 6 heteroatoms. The summed E-state index contributed by atoms with van der Waals surface area (Å²) >= 11 is 0. The van der Waals surface area contributed by atoms with Gasteiger partial charge < -0.3 is 20.1 Å². The van der Waals surface area contributed by atoms with Crippen LogP contribution in [0.2, 0.25) is 0 Å². The number of nitrogens with two attached hydrogens (primary N) is 1. The number of aliphatic hydroxyl groups excluding tert-OH is 1. The summed E-state index contributed by atoms with van der Waals surface area (Å²) in [6.07, 6.45) is -0.422. The predicted molar refractivity (Wildman–Crippen MR) is 69.7 cm³/mol. The SMILES string of the molecule is COc1ccc(-c2noc([C@@H](O)CCN)n2)cc1C. The summed E-state index contributed by atoms with van der Waals surface area (Å²) in [6.45, 7) is 2.30. The van der Waals surface area contributed by atoms with E-state index in [0.717, 1.165) is 16.9 Å². The summed E-state index contributed by atoms with van der Waals surface area (Å²) in [5.41, 5.74) is 7.17. The fraction of sp³-hybridized carbons (Fsp3) is 0.385. The molecule has 0 unspecified atom stereocenters. The quantitative estimate of drug-likeness (QED) is 0.847. The zero-order valence-electron chi connectivity index (χ0n) is 11.0. The lowest BCUT2D eigenvalue weighted by atomic mass is 10.1. The predicted octanol–water partition coefficient (Wildman–Crippen LogP) is 1.44. The van der Waals surface area contributed by atoms with Crippen molar-refractivity contribution in [2.75, 3.05) is 13.7 Å². The molecule has 1 heterocycles. The normalized spacial score (nSPS) is 12.4. The van der Waals surface area contributed by atoms with Crippen LogP contribution in [0.4, 0.5) is 0 Å². The van der Waals surface area contributed by atoms with E-state index in [2.05, 4.69) is 10.1 Å². The van der Waals surface area contributed by atoms with Crippen LogP contribution in [0.3, 0.4) is 0 Å². The monoisotopic (exact) mass is 263 g/mol. The average Bonchev–Trinajstić information content (AvgIpc) is 2.88. The van der Waals surface area contributed by atoms with E-state index in [1.165, 1.54) is 0 Å².